The number of anilines is 1. The number of nitrogens with two attached hydrogens (primary N) is 1. The van der Waals surface area contributed by atoms with Crippen molar-refractivity contribution in [3.63, 3.8) is 0 Å². The summed E-state index contributed by atoms with van der Waals surface area (Å²) in [6.07, 6.45) is 2.15. The number of hydrogen-bond acceptors (Lipinski definition) is 5. The first kappa shape index (κ1) is 14.0. The van der Waals surface area contributed by atoms with Crippen molar-refractivity contribution in [2.45, 2.75) is 18.9 Å². The Morgan fingerprint density at radius 2 is 2.18 bits per heavy atom. The number of urea groups is 1. The van der Waals surface area contributed by atoms with E-state index in [0.717, 1.165) is 18.4 Å². The number of amides is 3. The molecule has 1 saturated carbocycles. The molecule has 1 heterocycles. The van der Waals surface area contributed by atoms with E-state index >= 15 is 0 Å². The number of aromatic nitrogens is 4. The molecular weight excluding hydrogens is 286 g/mol. The highest BCUT2D eigenvalue weighted by Crippen LogP contribution is 2.36. The molecule has 0 radical (unpaired) electrons. The highest BCUT2D eigenvalue weighted by molar-refractivity contribution is 5.94. The Morgan fingerprint density at radius 3 is 2.91 bits per heavy atom. The van der Waals surface area contributed by atoms with Crippen LogP contribution in [0.2, 0.25) is 0 Å². The molecule has 4 N–H and O–H groups in total. The maximum atomic E-state index is 11.7. The number of primary amides is 1. The molecule has 1 fully saturated rings. The van der Waals surface area contributed by atoms with Crippen molar-refractivity contribution in [2.75, 3.05) is 11.9 Å². The Bertz CT molecular complexity index is 708. The summed E-state index contributed by atoms with van der Waals surface area (Å²) in [6, 6.07) is 6.83. The zero-order valence-electron chi connectivity index (χ0n) is 11.7. The molecule has 0 aliphatic heterocycles. The normalized spacial score (nSPS) is 13.6. The molecule has 22 heavy (non-hydrogen) atoms. The third-order valence-electron chi connectivity index (χ3n) is 3.21. The zero-order chi connectivity index (χ0) is 15.5. The van der Waals surface area contributed by atoms with E-state index in [1.54, 1.807) is 22.9 Å². The third kappa shape index (κ3) is 3.19. The minimum Gasteiger partial charge on any atom is -0.352 e. The van der Waals surface area contributed by atoms with Crippen LogP contribution < -0.4 is 16.4 Å². The Kier molecular flexibility index (Phi) is 3.69. The quantitative estimate of drug-likeness (QED) is 0.731. The van der Waals surface area contributed by atoms with Crippen molar-refractivity contribution in [3.05, 3.63) is 24.3 Å². The van der Waals surface area contributed by atoms with E-state index in [4.69, 9.17) is 5.73 Å². The van der Waals surface area contributed by atoms with Gasteiger partial charge in [-0.05, 0) is 35.4 Å². The van der Waals surface area contributed by atoms with Gasteiger partial charge in [0.2, 0.25) is 5.91 Å². The Balaban J connectivity index is 1.73. The van der Waals surface area contributed by atoms with Crippen molar-refractivity contribution >= 4 is 17.6 Å². The van der Waals surface area contributed by atoms with Gasteiger partial charge in [0.25, 0.3) is 0 Å². The molecule has 3 rings (SSSR count). The maximum absolute atomic E-state index is 11.7. The van der Waals surface area contributed by atoms with Crippen LogP contribution in [0, 0.1) is 0 Å². The SMILES string of the molecule is NC(=O)NCC(=O)Nc1cccc(-c2nnnn2C2CC2)c1. The van der Waals surface area contributed by atoms with Crippen LogP contribution in [0.5, 0.6) is 0 Å². The Labute approximate surface area is 125 Å². The number of nitrogens with zero attached hydrogens (tertiary/aromatic N) is 4. The van der Waals surface area contributed by atoms with Gasteiger partial charge in [-0.15, -0.1) is 5.10 Å². The standard InChI is InChI=1S/C13H15N7O2/c14-13(22)15-7-11(21)16-9-3-1-2-8(6-9)12-17-18-19-20(12)10-4-5-10/h1-3,6,10H,4-5,7H2,(H,16,21)(H3,14,15,22). The number of carbonyl (C=O) groups is 2. The fourth-order valence-corrected chi connectivity index (χ4v) is 2.06. The highest BCUT2D eigenvalue weighted by atomic mass is 16.2. The molecule has 9 heteroatoms. The third-order valence-corrected chi connectivity index (χ3v) is 3.21. The second kappa shape index (κ2) is 5.80. The number of tetrazole rings is 1. The maximum Gasteiger partial charge on any atom is 0.312 e. The first-order valence-electron chi connectivity index (χ1n) is 6.85. The molecule has 1 aliphatic rings. The molecule has 2 aromatic rings. The molecule has 0 spiro atoms. The summed E-state index contributed by atoms with van der Waals surface area (Å²) < 4.78 is 1.80. The van der Waals surface area contributed by atoms with E-state index < -0.39 is 6.03 Å². The monoisotopic (exact) mass is 301 g/mol. The molecule has 1 aromatic heterocycles. The molecule has 1 aliphatic carbocycles. The summed E-state index contributed by atoms with van der Waals surface area (Å²) in [5, 5.41) is 16.7. The average molecular weight is 301 g/mol. The summed E-state index contributed by atoms with van der Waals surface area (Å²) in [4.78, 5) is 22.3. The van der Waals surface area contributed by atoms with Gasteiger partial charge >= 0.3 is 6.03 Å². The van der Waals surface area contributed by atoms with Crippen LogP contribution in [0.25, 0.3) is 11.4 Å². The van der Waals surface area contributed by atoms with E-state index in [1.165, 1.54) is 0 Å². The van der Waals surface area contributed by atoms with Crippen molar-refractivity contribution in [1.29, 1.82) is 0 Å². The van der Waals surface area contributed by atoms with Gasteiger partial charge in [-0.25, -0.2) is 9.48 Å². The molecule has 0 unspecified atom stereocenters. The summed E-state index contributed by atoms with van der Waals surface area (Å²) in [6.45, 7) is -0.181. The smallest absolute Gasteiger partial charge is 0.312 e. The van der Waals surface area contributed by atoms with Crippen LogP contribution in [-0.4, -0.2) is 38.7 Å². The number of rotatable bonds is 5. The molecule has 0 bridgehead atoms. The lowest BCUT2D eigenvalue weighted by Gasteiger charge is -2.08. The largest absolute Gasteiger partial charge is 0.352 e. The average Bonchev–Trinajstić information content (AvgIpc) is 3.22. The predicted octanol–water partition coefficient (Wildman–Crippen LogP) is 0.282. The van der Waals surface area contributed by atoms with E-state index in [1.807, 2.05) is 6.07 Å². The van der Waals surface area contributed by atoms with Gasteiger partial charge in [0.1, 0.15) is 0 Å². The lowest BCUT2D eigenvalue weighted by Crippen LogP contribution is -2.36. The fourth-order valence-electron chi connectivity index (χ4n) is 2.06. The molecule has 0 saturated heterocycles. The molecular formula is C13H15N7O2. The van der Waals surface area contributed by atoms with Crippen LogP contribution in [0.3, 0.4) is 0 Å². The predicted molar refractivity (Wildman–Crippen MR) is 77.7 cm³/mol. The van der Waals surface area contributed by atoms with Crippen molar-refractivity contribution in [2.24, 2.45) is 5.73 Å². The number of hydrogen-bond donors (Lipinski definition) is 3. The molecule has 0 atom stereocenters. The highest BCUT2D eigenvalue weighted by Gasteiger charge is 2.28. The van der Waals surface area contributed by atoms with Crippen molar-refractivity contribution < 1.29 is 9.59 Å². The van der Waals surface area contributed by atoms with Crippen molar-refractivity contribution in [3.8, 4) is 11.4 Å². The summed E-state index contributed by atoms with van der Waals surface area (Å²) >= 11 is 0. The van der Waals surface area contributed by atoms with Gasteiger partial charge in [-0.3, -0.25) is 4.79 Å². The topological polar surface area (TPSA) is 128 Å². The minimum absolute atomic E-state index is 0.181. The van der Waals surface area contributed by atoms with E-state index in [0.29, 0.717) is 17.6 Å². The van der Waals surface area contributed by atoms with Gasteiger partial charge in [0, 0.05) is 11.3 Å². The summed E-state index contributed by atoms with van der Waals surface area (Å²) in [7, 11) is 0. The van der Waals surface area contributed by atoms with Gasteiger partial charge in [0.05, 0.1) is 12.6 Å². The first-order valence-corrected chi connectivity index (χ1v) is 6.85. The molecule has 114 valence electrons. The molecule has 1 aromatic carbocycles. The van der Waals surface area contributed by atoms with Crippen LogP contribution in [0.15, 0.2) is 24.3 Å². The van der Waals surface area contributed by atoms with Crippen LogP contribution >= 0.6 is 0 Å². The van der Waals surface area contributed by atoms with E-state index in [-0.39, 0.29) is 12.5 Å². The number of benzene rings is 1. The van der Waals surface area contributed by atoms with E-state index in [9.17, 15) is 9.59 Å². The van der Waals surface area contributed by atoms with Gasteiger partial charge in [-0.1, -0.05) is 12.1 Å². The number of nitrogens with one attached hydrogen (secondary N) is 2. The lowest BCUT2D eigenvalue weighted by atomic mass is 10.2. The first-order chi connectivity index (χ1) is 10.6. The lowest BCUT2D eigenvalue weighted by molar-refractivity contribution is -0.115. The Morgan fingerprint density at radius 1 is 1.36 bits per heavy atom. The summed E-state index contributed by atoms with van der Waals surface area (Å²) in [5.41, 5.74) is 6.33. The van der Waals surface area contributed by atoms with Gasteiger partial charge in [-0.2, -0.15) is 0 Å². The van der Waals surface area contributed by atoms with Gasteiger partial charge in [0.15, 0.2) is 5.82 Å². The van der Waals surface area contributed by atoms with E-state index in [2.05, 4.69) is 26.2 Å². The van der Waals surface area contributed by atoms with Crippen LogP contribution in [0.4, 0.5) is 10.5 Å². The van der Waals surface area contributed by atoms with Gasteiger partial charge < -0.3 is 16.4 Å². The second-order valence-corrected chi connectivity index (χ2v) is 5.03. The van der Waals surface area contributed by atoms with Crippen molar-refractivity contribution in [1.82, 2.24) is 25.5 Å². The Hall–Kier alpha value is -2.97. The zero-order valence-corrected chi connectivity index (χ0v) is 11.7. The fraction of sp³-hybridized carbons (Fsp3) is 0.308. The second-order valence-electron chi connectivity index (χ2n) is 5.03. The van der Waals surface area contributed by atoms with Crippen LogP contribution in [-0.2, 0) is 4.79 Å². The minimum atomic E-state index is -0.743. The molecule has 3 amide bonds. The number of carbonyl (C=O) groups excluding carboxylic acids is 2. The summed E-state index contributed by atoms with van der Waals surface area (Å²) in [5.74, 6) is 0.312. The van der Waals surface area contributed by atoms with Crippen LogP contribution in [0.1, 0.15) is 18.9 Å². The molecule has 9 nitrogen and oxygen atoms in total.